The monoisotopic (exact) mass is 804 g/mol. The van der Waals surface area contributed by atoms with E-state index in [-0.39, 0.29) is 109 Å². The van der Waals surface area contributed by atoms with Crippen molar-refractivity contribution < 1.29 is 66.0 Å². The van der Waals surface area contributed by atoms with Gasteiger partial charge in [0.05, 0.1) is 57.3 Å². The van der Waals surface area contributed by atoms with Gasteiger partial charge < -0.3 is 38.6 Å². The van der Waals surface area contributed by atoms with Crippen molar-refractivity contribution in [2.45, 2.75) is 91.5 Å². The summed E-state index contributed by atoms with van der Waals surface area (Å²) < 4.78 is 63.7. The molecule has 0 fully saturated rings. The molecule has 1 aliphatic rings. The number of halogens is 2. The highest BCUT2D eigenvalue weighted by molar-refractivity contribution is 7.20. The van der Waals surface area contributed by atoms with Gasteiger partial charge in [-0.15, -0.1) is 11.3 Å². The highest BCUT2D eigenvalue weighted by atomic mass is 32.1. The smallest absolute Gasteiger partial charge is 0.407 e. The first-order valence-electron chi connectivity index (χ1n) is 17.9. The molecule has 0 unspecified atom stereocenters. The largest absolute Gasteiger partial charge is 0.496 e. The Morgan fingerprint density at radius 3 is 2.23 bits per heavy atom. The molecule has 2 amide bonds. The zero-order valence-electron chi connectivity index (χ0n) is 32.4. The Kier molecular flexibility index (Phi) is 14.7. The number of hydrogen-bond donors (Lipinski definition) is 1. The van der Waals surface area contributed by atoms with Crippen molar-refractivity contribution in [3.05, 3.63) is 51.4 Å². The van der Waals surface area contributed by atoms with Gasteiger partial charge in [0.1, 0.15) is 23.3 Å². The number of nitrogens with zero attached hydrogens (tertiary/aromatic N) is 1. The average molecular weight is 805 g/mol. The van der Waals surface area contributed by atoms with Gasteiger partial charge in [-0.3, -0.25) is 24.0 Å². The molecule has 14 nitrogen and oxygen atoms in total. The average Bonchev–Trinajstić information content (AvgIpc) is 3.77. The van der Waals surface area contributed by atoms with Crippen LogP contribution >= 0.6 is 11.3 Å². The van der Waals surface area contributed by atoms with E-state index in [1.54, 1.807) is 34.6 Å². The summed E-state index contributed by atoms with van der Waals surface area (Å²) >= 11 is 1.03. The normalized spacial score (nSPS) is 12.8. The third kappa shape index (κ3) is 11.1. The molecule has 0 bridgehead atoms. The molecule has 0 radical (unpaired) electrons. The van der Waals surface area contributed by atoms with Crippen molar-refractivity contribution in [3.8, 4) is 17.2 Å². The number of carbonyl (C=O) groups excluding carboxylic acids is 6. The number of thiophene rings is 1. The number of alkyl carbamates (subject to hydrolysis) is 1. The Morgan fingerprint density at radius 1 is 0.875 bits per heavy atom. The second kappa shape index (κ2) is 19.0. The zero-order valence-corrected chi connectivity index (χ0v) is 33.2. The first-order chi connectivity index (χ1) is 26.5. The van der Waals surface area contributed by atoms with E-state index in [4.69, 9.17) is 28.4 Å². The lowest BCUT2D eigenvalue weighted by atomic mass is 9.99. The number of hydrogen-bond acceptors (Lipinski definition) is 13. The molecule has 2 aromatic carbocycles. The number of amides is 2. The van der Waals surface area contributed by atoms with Gasteiger partial charge >= 0.3 is 18.0 Å². The van der Waals surface area contributed by atoms with Crippen LogP contribution in [0.4, 0.5) is 13.6 Å². The fourth-order valence-corrected chi connectivity index (χ4v) is 6.83. The van der Waals surface area contributed by atoms with Crippen LogP contribution < -0.4 is 19.5 Å². The van der Waals surface area contributed by atoms with E-state index in [2.05, 4.69) is 5.32 Å². The van der Waals surface area contributed by atoms with Crippen molar-refractivity contribution >= 4 is 56.9 Å². The van der Waals surface area contributed by atoms with E-state index in [9.17, 15) is 28.8 Å². The second-order valence-electron chi connectivity index (χ2n) is 13.8. The Morgan fingerprint density at radius 2 is 1.57 bits per heavy atom. The molecule has 0 aliphatic carbocycles. The minimum atomic E-state index is -0.867. The van der Waals surface area contributed by atoms with E-state index >= 15 is 8.78 Å². The number of fused-ring (bicyclic) bond motifs is 2. The van der Waals surface area contributed by atoms with E-state index in [0.717, 1.165) is 11.3 Å². The topological polar surface area (TPSA) is 173 Å². The first-order valence-corrected chi connectivity index (χ1v) is 18.7. The number of ketones is 2. The molecule has 3 aromatic rings. The van der Waals surface area contributed by atoms with Gasteiger partial charge in [-0.05, 0) is 52.3 Å². The third-order valence-corrected chi connectivity index (χ3v) is 9.53. The number of esters is 2. The van der Waals surface area contributed by atoms with Crippen LogP contribution in [-0.2, 0) is 41.7 Å². The van der Waals surface area contributed by atoms with Crippen molar-refractivity contribution in [1.29, 1.82) is 0 Å². The number of carbonyl (C=O) groups is 6. The van der Waals surface area contributed by atoms with Crippen LogP contribution in [0.15, 0.2) is 18.2 Å². The van der Waals surface area contributed by atoms with E-state index in [1.165, 1.54) is 37.3 Å². The van der Waals surface area contributed by atoms with Gasteiger partial charge in [0.25, 0.3) is 0 Å². The number of rotatable bonds is 18. The molecule has 304 valence electrons. The Hall–Kier alpha value is -5.32. The van der Waals surface area contributed by atoms with Gasteiger partial charge in [-0.25, -0.2) is 13.6 Å². The van der Waals surface area contributed by atoms with Gasteiger partial charge in [-0.1, -0.05) is 0 Å². The first kappa shape index (κ1) is 43.4. The SMILES string of the molecule is CCOC(=O)CCC(=O)c1cc2c(F)c(OCCC(=O)c3c(OC)cc4c(c3F)CN(C(=O)CCC(=O)O[C@@H](C)CNC(=O)OC(C)(C)C)C4)c(OC)cc2s1. The number of Topliss-reactive ketones (excluding diaryl/α,β-unsaturated/α-hetero) is 2. The zero-order chi connectivity index (χ0) is 41.3. The number of ether oxygens (including phenoxy) is 6. The molecule has 56 heavy (non-hydrogen) atoms. The maximum absolute atomic E-state index is 16.0. The summed E-state index contributed by atoms with van der Waals surface area (Å²) in [6, 6.07) is 4.33. The Bertz CT molecular complexity index is 1990. The van der Waals surface area contributed by atoms with Crippen molar-refractivity contribution in [1.82, 2.24) is 10.2 Å². The van der Waals surface area contributed by atoms with Crippen LogP contribution in [0.3, 0.4) is 0 Å². The van der Waals surface area contributed by atoms with E-state index in [0.29, 0.717) is 10.3 Å². The van der Waals surface area contributed by atoms with Crippen LogP contribution in [0.25, 0.3) is 10.1 Å². The molecule has 4 rings (SSSR count). The van der Waals surface area contributed by atoms with Crippen LogP contribution in [-0.4, -0.2) is 86.1 Å². The van der Waals surface area contributed by atoms with E-state index in [1.807, 2.05) is 0 Å². The summed E-state index contributed by atoms with van der Waals surface area (Å²) in [5.41, 5.74) is -0.491. The number of nitrogens with one attached hydrogen (secondary N) is 1. The maximum Gasteiger partial charge on any atom is 0.407 e. The summed E-state index contributed by atoms with van der Waals surface area (Å²) in [4.78, 5) is 76.6. The van der Waals surface area contributed by atoms with Gasteiger partial charge in [-0.2, -0.15) is 0 Å². The Balaban J connectivity index is 1.35. The molecule has 1 atom stereocenters. The quantitative estimate of drug-likeness (QED) is 0.0847. The molecule has 17 heteroatoms. The maximum atomic E-state index is 16.0. The van der Waals surface area contributed by atoms with Gasteiger partial charge in [0.2, 0.25) is 5.91 Å². The summed E-state index contributed by atoms with van der Waals surface area (Å²) in [7, 11) is 2.58. The molecule has 0 spiro atoms. The summed E-state index contributed by atoms with van der Waals surface area (Å²) in [5, 5.41) is 2.59. The molecular formula is C39H46F2N2O12S. The van der Waals surface area contributed by atoms with Crippen LogP contribution in [0.5, 0.6) is 17.2 Å². The molecule has 0 saturated carbocycles. The van der Waals surface area contributed by atoms with E-state index < -0.39 is 53.1 Å². The molecule has 1 aliphatic heterocycles. The molecular weight excluding hydrogens is 758 g/mol. The predicted octanol–water partition coefficient (Wildman–Crippen LogP) is 6.45. The number of methoxy groups -OCH3 is 2. The molecule has 0 saturated heterocycles. The van der Waals surface area contributed by atoms with Gasteiger partial charge in [0, 0.05) is 54.1 Å². The lowest BCUT2D eigenvalue weighted by molar-refractivity contribution is -0.150. The van der Waals surface area contributed by atoms with Crippen molar-refractivity contribution in [3.63, 3.8) is 0 Å². The van der Waals surface area contributed by atoms with Crippen LogP contribution in [0.2, 0.25) is 0 Å². The Labute approximate surface area is 326 Å². The summed E-state index contributed by atoms with van der Waals surface area (Å²) in [6.45, 7) is 8.07. The lowest BCUT2D eigenvalue weighted by Crippen LogP contribution is -2.37. The fraction of sp³-hybridized carbons (Fsp3) is 0.487. The molecule has 1 aromatic heterocycles. The standard InChI is InChI=1S/C39H46F2N2O12S/c1-8-52-32(47)11-9-25(44)30-16-23-29(56-30)17-28(51-7)37(36(23)41)53-14-13-26(45)34-27(50-6)15-22-19-43(20-24(22)35(34)40)31(46)10-12-33(48)54-21(2)18-42-38(49)55-39(3,4)5/h15-17,21H,8-14,18-20H2,1-7H3,(H,42,49)/t21-/m0/s1. The fourth-order valence-electron chi connectivity index (χ4n) is 5.78. The minimum Gasteiger partial charge on any atom is -0.496 e. The third-order valence-electron chi connectivity index (χ3n) is 8.41. The highest BCUT2D eigenvalue weighted by Gasteiger charge is 2.32. The van der Waals surface area contributed by atoms with Crippen LogP contribution in [0.1, 0.15) is 97.9 Å². The van der Waals surface area contributed by atoms with Crippen LogP contribution in [0, 0.1) is 11.6 Å². The number of benzene rings is 2. The predicted molar refractivity (Wildman–Crippen MR) is 199 cm³/mol. The van der Waals surface area contributed by atoms with Gasteiger partial charge in [0.15, 0.2) is 28.9 Å². The van der Waals surface area contributed by atoms with Crippen molar-refractivity contribution in [2.75, 3.05) is 34.0 Å². The van der Waals surface area contributed by atoms with Crippen molar-refractivity contribution in [2.24, 2.45) is 0 Å². The molecule has 1 N–H and O–H groups in total. The highest BCUT2D eigenvalue weighted by Crippen LogP contribution is 2.41. The lowest BCUT2D eigenvalue weighted by Gasteiger charge is -2.21. The minimum absolute atomic E-state index is 0.00605. The molecule has 2 heterocycles. The summed E-state index contributed by atoms with van der Waals surface area (Å²) in [5.74, 6) is -4.71. The summed E-state index contributed by atoms with van der Waals surface area (Å²) in [6.07, 6.45) is -2.42. The second-order valence-corrected chi connectivity index (χ2v) is 14.9.